The van der Waals surface area contributed by atoms with Gasteiger partial charge in [0.15, 0.2) is 0 Å². The van der Waals surface area contributed by atoms with Crippen molar-refractivity contribution in [2.24, 2.45) is 5.92 Å². The summed E-state index contributed by atoms with van der Waals surface area (Å²) in [6, 6.07) is 1.53. The molecule has 90 valence electrons. The van der Waals surface area contributed by atoms with E-state index in [1.807, 2.05) is 0 Å². The second kappa shape index (κ2) is 6.49. The predicted octanol–water partition coefficient (Wildman–Crippen LogP) is 2.49. The monoisotopic (exact) mass is 212 g/mol. The second-order valence-electron chi connectivity index (χ2n) is 5.35. The van der Waals surface area contributed by atoms with Gasteiger partial charge in [0.25, 0.3) is 0 Å². The Morgan fingerprint density at radius 2 is 2.13 bits per heavy atom. The topological polar surface area (TPSA) is 15.3 Å². The standard InChI is InChI=1S/C13H28N2/c1-5-14-13-7-9-15(12(4)10-13)8-6-11(2)3/h11-14H,5-10H2,1-4H3. The molecule has 2 atom stereocenters. The van der Waals surface area contributed by atoms with Gasteiger partial charge < -0.3 is 10.2 Å². The third-order valence-electron chi connectivity index (χ3n) is 3.50. The Kier molecular flexibility index (Phi) is 5.62. The van der Waals surface area contributed by atoms with E-state index in [9.17, 15) is 0 Å². The first-order valence-corrected chi connectivity index (χ1v) is 6.61. The van der Waals surface area contributed by atoms with Crippen molar-refractivity contribution in [1.82, 2.24) is 10.2 Å². The van der Waals surface area contributed by atoms with Crippen molar-refractivity contribution in [3.05, 3.63) is 0 Å². The number of hydrogen-bond acceptors (Lipinski definition) is 2. The minimum atomic E-state index is 0.764. The molecular formula is C13H28N2. The zero-order valence-corrected chi connectivity index (χ0v) is 10.9. The van der Waals surface area contributed by atoms with E-state index in [1.54, 1.807) is 0 Å². The third-order valence-corrected chi connectivity index (χ3v) is 3.50. The van der Waals surface area contributed by atoms with Gasteiger partial charge in [-0.05, 0) is 51.7 Å². The van der Waals surface area contributed by atoms with Crippen LogP contribution < -0.4 is 5.32 Å². The van der Waals surface area contributed by atoms with Crippen LogP contribution in [0.2, 0.25) is 0 Å². The van der Waals surface area contributed by atoms with Crippen LogP contribution in [0.3, 0.4) is 0 Å². The SMILES string of the molecule is CCNC1CCN(CCC(C)C)C(C)C1. The van der Waals surface area contributed by atoms with E-state index >= 15 is 0 Å². The molecular weight excluding hydrogens is 184 g/mol. The van der Waals surface area contributed by atoms with Crippen LogP contribution in [0.4, 0.5) is 0 Å². The molecule has 1 fully saturated rings. The lowest BCUT2D eigenvalue weighted by atomic mass is 9.97. The number of rotatable bonds is 5. The molecule has 2 heteroatoms. The van der Waals surface area contributed by atoms with Gasteiger partial charge in [-0.25, -0.2) is 0 Å². The predicted molar refractivity (Wildman–Crippen MR) is 67.2 cm³/mol. The minimum Gasteiger partial charge on any atom is -0.314 e. The fourth-order valence-corrected chi connectivity index (χ4v) is 2.45. The number of nitrogens with one attached hydrogen (secondary N) is 1. The highest BCUT2D eigenvalue weighted by Gasteiger charge is 2.24. The first-order valence-electron chi connectivity index (χ1n) is 6.61. The van der Waals surface area contributed by atoms with Crippen LogP contribution in [0, 0.1) is 5.92 Å². The quantitative estimate of drug-likeness (QED) is 0.753. The molecule has 15 heavy (non-hydrogen) atoms. The van der Waals surface area contributed by atoms with Crippen molar-refractivity contribution in [2.75, 3.05) is 19.6 Å². The summed E-state index contributed by atoms with van der Waals surface area (Å²) < 4.78 is 0. The van der Waals surface area contributed by atoms with Gasteiger partial charge in [0, 0.05) is 12.1 Å². The normalized spacial score (nSPS) is 28.6. The van der Waals surface area contributed by atoms with Gasteiger partial charge in [-0.15, -0.1) is 0 Å². The number of piperidine rings is 1. The Balaban J connectivity index is 2.26. The Labute approximate surface area is 95.4 Å². The van der Waals surface area contributed by atoms with E-state index in [1.165, 1.54) is 32.4 Å². The Morgan fingerprint density at radius 3 is 2.67 bits per heavy atom. The average Bonchev–Trinajstić information content (AvgIpc) is 2.17. The Bertz CT molecular complexity index is 168. The van der Waals surface area contributed by atoms with Crippen LogP contribution in [0.25, 0.3) is 0 Å². The van der Waals surface area contributed by atoms with E-state index < -0.39 is 0 Å². The van der Waals surface area contributed by atoms with Crippen LogP contribution in [0.5, 0.6) is 0 Å². The number of hydrogen-bond donors (Lipinski definition) is 1. The first-order chi connectivity index (χ1) is 7.13. The van der Waals surface area contributed by atoms with Crippen molar-refractivity contribution >= 4 is 0 Å². The number of nitrogens with zero attached hydrogens (tertiary/aromatic N) is 1. The summed E-state index contributed by atoms with van der Waals surface area (Å²) in [7, 11) is 0. The Morgan fingerprint density at radius 1 is 1.40 bits per heavy atom. The van der Waals surface area contributed by atoms with Crippen LogP contribution in [0.15, 0.2) is 0 Å². The molecule has 0 aromatic heterocycles. The van der Waals surface area contributed by atoms with Crippen molar-refractivity contribution < 1.29 is 0 Å². The first kappa shape index (κ1) is 13.0. The summed E-state index contributed by atoms with van der Waals surface area (Å²) in [5, 5.41) is 3.57. The lowest BCUT2D eigenvalue weighted by Gasteiger charge is -2.38. The molecule has 1 rings (SSSR count). The van der Waals surface area contributed by atoms with Gasteiger partial charge in [0.2, 0.25) is 0 Å². The summed E-state index contributed by atoms with van der Waals surface area (Å²) in [4.78, 5) is 2.66. The zero-order chi connectivity index (χ0) is 11.3. The molecule has 0 saturated carbocycles. The van der Waals surface area contributed by atoms with Crippen molar-refractivity contribution in [3.63, 3.8) is 0 Å². The zero-order valence-electron chi connectivity index (χ0n) is 10.9. The fourth-order valence-electron chi connectivity index (χ4n) is 2.45. The molecule has 2 nitrogen and oxygen atoms in total. The van der Waals surface area contributed by atoms with Gasteiger partial charge in [-0.2, -0.15) is 0 Å². The lowest BCUT2D eigenvalue weighted by molar-refractivity contribution is 0.130. The summed E-state index contributed by atoms with van der Waals surface area (Å²) in [6.07, 6.45) is 4.00. The highest BCUT2D eigenvalue weighted by Crippen LogP contribution is 2.18. The Hall–Kier alpha value is -0.0800. The summed E-state index contributed by atoms with van der Waals surface area (Å²) in [6.45, 7) is 12.9. The molecule has 0 aromatic rings. The largest absolute Gasteiger partial charge is 0.314 e. The molecule has 0 amide bonds. The fraction of sp³-hybridized carbons (Fsp3) is 1.00. The molecule has 2 unspecified atom stereocenters. The number of likely N-dealkylation sites (tertiary alicyclic amines) is 1. The van der Waals surface area contributed by atoms with Crippen LogP contribution in [0.1, 0.15) is 47.0 Å². The molecule has 1 aliphatic rings. The highest BCUT2D eigenvalue weighted by molar-refractivity contribution is 4.82. The summed E-state index contributed by atoms with van der Waals surface area (Å²) in [5.74, 6) is 0.837. The van der Waals surface area contributed by atoms with Crippen molar-refractivity contribution in [2.45, 2.75) is 59.0 Å². The maximum Gasteiger partial charge on any atom is 0.00939 e. The van der Waals surface area contributed by atoms with Crippen molar-refractivity contribution in [3.8, 4) is 0 Å². The van der Waals surface area contributed by atoms with Crippen LogP contribution in [-0.4, -0.2) is 36.6 Å². The van der Waals surface area contributed by atoms with Gasteiger partial charge >= 0.3 is 0 Å². The molecule has 1 saturated heterocycles. The molecule has 1 N–H and O–H groups in total. The highest BCUT2D eigenvalue weighted by atomic mass is 15.2. The maximum absolute atomic E-state index is 3.57. The second-order valence-corrected chi connectivity index (χ2v) is 5.35. The molecule has 1 heterocycles. The molecule has 1 aliphatic heterocycles. The van der Waals surface area contributed by atoms with E-state index in [2.05, 4.69) is 37.9 Å². The molecule has 0 aromatic carbocycles. The van der Waals surface area contributed by atoms with E-state index in [0.717, 1.165) is 24.5 Å². The van der Waals surface area contributed by atoms with Crippen LogP contribution >= 0.6 is 0 Å². The molecule has 0 spiro atoms. The minimum absolute atomic E-state index is 0.764. The van der Waals surface area contributed by atoms with Gasteiger partial charge in [0.1, 0.15) is 0 Å². The van der Waals surface area contributed by atoms with Gasteiger partial charge in [-0.1, -0.05) is 20.8 Å². The maximum atomic E-state index is 3.57. The van der Waals surface area contributed by atoms with Gasteiger partial charge in [-0.3, -0.25) is 0 Å². The molecule has 0 aliphatic carbocycles. The molecule has 0 radical (unpaired) electrons. The van der Waals surface area contributed by atoms with E-state index in [4.69, 9.17) is 0 Å². The van der Waals surface area contributed by atoms with E-state index in [-0.39, 0.29) is 0 Å². The van der Waals surface area contributed by atoms with Crippen molar-refractivity contribution in [1.29, 1.82) is 0 Å². The average molecular weight is 212 g/mol. The summed E-state index contributed by atoms with van der Waals surface area (Å²) in [5.41, 5.74) is 0. The lowest BCUT2D eigenvalue weighted by Crippen LogP contribution is -2.47. The van der Waals surface area contributed by atoms with Crippen LogP contribution in [-0.2, 0) is 0 Å². The summed E-state index contributed by atoms with van der Waals surface area (Å²) >= 11 is 0. The molecule has 0 bridgehead atoms. The smallest absolute Gasteiger partial charge is 0.00939 e. The van der Waals surface area contributed by atoms with E-state index in [0.29, 0.717) is 0 Å². The third kappa shape index (κ3) is 4.52. The van der Waals surface area contributed by atoms with Gasteiger partial charge in [0.05, 0.1) is 0 Å².